The Kier molecular flexibility index (Phi) is 7.47. The van der Waals surface area contributed by atoms with E-state index in [0.717, 1.165) is 51.1 Å². The van der Waals surface area contributed by atoms with E-state index < -0.39 is 4.92 Å². The molecule has 9 heteroatoms. The first kappa shape index (κ1) is 25.5. The molecule has 0 atom stereocenters. The molecule has 0 spiro atoms. The van der Waals surface area contributed by atoms with Crippen LogP contribution in [-0.2, 0) is 4.79 Å². The Balaban J connectivity index is 1.38. The molecule has 0 saturated carbocycles. The number of rotatable bonds is 5. The van der Waals surface area contributed by atoms with Gasteiger partial charge >= 0.3 is 0 Å². The van der Waals surface area contributed by atoms with Crippen molar-refractivity contribution in [3.63, 3.8) is 0 Å². The fourth-order valence-electron chi connectivity index (χ4n) is 4.81. The van der Waals surface area contributed by atoms with Crippen molar-refractivity contribution < 1.29 is 14.5 Å². The van der Waals surface area contributed by atoms with Crippen LogP contribution in [0.2, 0.25) is 0 Å². The third-order valence-electron chi connectivity index (χ3n) is 6.83. The summed E-state index contributed by atoms with van der Waals surface area (Å²) in [6.07, 6.45) is 3.16. The van der Waals surface area contributed by atoms with Crippen LogP contribution in [0.5, 0.6) is 0 Å². The summed E-state index contributed by atoms with van der Waals surface area (Å²) < 4.78 is 0. The van der Waals surface area contributed by atoms with E-state index in [-0.39, 0.29) is 28.5 Å². The van der Waals surface area contributed by atoms with Gasteiger partial charge in [-0.25, -0.2) is 0 Å². The summed E-state index contributed by atoms with van der Waals surface area (Å²) in [4.78, 5) is 42.8. The van der Waals surface area contributed by atoms with Crippen LogP contribution in [-0.4, -0.2) is 60.9 Å². The van der Waals surface area contributed by atoms with Gasteiger partial charge in [-0.15, -0.1) is 0 Å². The molecule has 2 aromatic rings. The Morgan fingerprint density at radius 1 is 0.861 bits per heavy atom. The number of nitro benzene ring substituents is 1. The van der Waals surface area contributed by atoms with Crippen LogP contribution in [0.1, 0.15) is 50.4 Å². The first-order valence-electron chi connectivity index (χ1n) is 12.6. The average molecular weight is 494 g/mol. The maximum absolute atomic E-state index is 12.8. The van der Waals surface area contributed by atoms with E-state index in [0.29, 0.717) is 24.5 Å². The van der Waals surface area contributed by atoms with Crippen molar-refractivity contribution in [2.45, 2.75) is 40.0 Å². The Morgan fingerprint density at radius 3 is 2.08 bits per heavy atom. The number of nitro groups is 1. The molecule has 0 unspecified atom stereocenters. The second kappa shape index (κ2) is 10.6. The van der Waals surface area contributed by atoms with Crippen molar-refractivity contribution in [1.29, 1.82) is 0 Å². The second-order valence-electron chi connectivity index (χ2n) is 10.5. The summed E-state index contributed by atoms with van der Waals surface area (Å²) in [5.41, 5.74) is 2.06. The molecule has 2 aliphatic rings. The molecular weight excluding hydrogens is 458 g/mol. The SMILES string of the molecule is CC(C)(C)C(=O)N1CCN(c2ccc(NC(=O)c3ccc(N4CCCCC4)c([N+](=O)[O-])c3)cc2)CC1. The fourth-order valence-corrected chi connectivity index (χ4v) is 4.81. The van der Waals surface area contributed by atoms with Crippen LogP contribution >= 0.6 is 0 Å². The number of piperidine rings is 1. The van der Waals surface area contributed by atoms with Gasteiger partial charge in [0.25, 0.3) is 11.6 Å². The van der Waals surface area contributed by atoms with Gasteiger partial charge in [0.2, 0.25) is 5.91 Å². The van der Waals surface area contributed by atoms with Crippen molar-refractivity contribution >= 4 is 34.6 Å². The molecule has 4 rings (SSSR count). The summed E-state index contributed by atoms with van der Waals surface area (Å²) >= 11 is 0. The standard InChI is InChI=1S/C27H35N5O4/c1-27(2,3)26(34)31-17-15-29(16-18-31)22-10-8-21(9-11-22)28-25(33)20-7-12-23(24(19-20)32(35)36)30-13-5-4-6-14-30/h7-12,19H,4-6,13-18H2,1-3H3,(H,28,33). The van der Waals surface area contributed by atoms with E-state index in [1.807, 2.05) is 54.8 Å². The van der Waals surface area contributed by atoms with E-state index in [2.05, 4.69) is 10.2 Å². The molecule has 0 radical (unpaired) electrons. The number of piperazine rings is 1. The molecule has 36 heavy (non-hydrogen) atoms. The zero-order chi connectivity index (χ0) is 25.9. The molecule has 2 heterocycles. The van der Waals surface area contributed by atoms with Crippen molar-refractivity contribution in [3.05, 3.63) is 58.1 Å². The molecule has 1 N–H and O–H groups in total. The minimum Gasteiger partial charge on any atom is -0.368 e. The van der Waals surface area contributed by atoms with Crippen molar-refractivity contribution in [1.82, 2.24) is 4.90 Å². The number of benzene rings is 2. The fraction of sp³-hybridized carbons (Fsp3) is 0.481. The van der Waals surface area contributed by atoms with E-state index in [9.17, 15) is 19.7 Å². The van der Waals surface area contributed by atoms with E-state index in [4.69, 9.17) is 0 Å². The predicted molar refractivity (Wildman–Crippen MR) is 142 cm³/mol. The third kappa shape index (κ3) is 5.78. The molecule has 2 fully saturated rings. The van der Waals surface area contributed by atoms with Gasteiger partial charge in [0, 0.05) is 67.7 Å². The van der Waals surface area contributed by atoms with E-state index in [1.54, 1.807) is 12.1 Å². The maximum atomic E-state index is 12.8. The Hall–Kier alpha value is -3.62. The molecule has 0 aliphatic carbocycles. The molecule has 2 saturated heterocycles. The number of hydrogen-bond acceptors (Lipinski definition) is 6. The summed E-state index contributed by atoms with van der Waals surface area (Å²) in [5, 5.41) is 14.6. The maximum Gasteiger partial charge on any atom is 0.293 e. The zero-order valence-electron chi connectivity index (χ0n) is 21.3. The van der Waals surface area contributed by atoms with Gasteiger partial charge in [0.1, 0.15) is 5.69 Å². The highest BCUT2D eigenvalue weighted by molar-refractivity contribution is 6.05. The lowest BCUT2D eigenvalue weighted by Crippen LogP contribution is -2.51. The number of anilines is 3. The Bertz CT molecular complexity index is 1110. The van der Waals surface area contributed by atoms with Crippen LogP contribution in [0.25, 0.3) is 0 Å². The first-order valence-corrected chi connectivity index (χ1v) is 12.6. The van der Waals surface area contributed by atoms with Gasteiger partial charge in [-0.3, -0.25) is 19.7 Å². The van der Waals surface area contributed by atoms with E-state index >= 15 is 0 Å². The topological polar surface area (TPSA) is 99.0 Å². The first-order chi connectivity index (χ1) is 17.1. The van der Waals surface area contributed by atoms with E-state index in [1.165, 1.54) is 6.07 Å². The molecule has 192 valence electrons. The normalized spacial score (nSPS) is 16.6. The van der Waals surface area contributed by atoms with Gasteiger partial charge in [-0.2, -0.15) is 0 Å². The number of nitrogens with zero attached hydrogens (tertiary/aromatic N) is 4. The molecule has 2 aliphatic heterocycles. The third-order valence-corrected chi connectivity index (χ3v) is 6.83. The average Bonchev–Trinajstić information content (AvgIpc) is 2.88. The van der Waals surface area contributed by atoms with Crippen LogP contribution in [0.3, 0.4) is 0 Å². The van der Waals surface area contributed by atoms with Crippen molar-refractivity contribution in [3.8, 4) is 0 Å². The molecule has 0 bridgehead atoms. The van der Waals surface area contributed by atoms with Crippen molar-refractivity contribution in [2.24, 2.45) is 5.41 Å². The van der Waals surface area contributed by atoms with Gasteiger partial charge < -0.3 is 20.0 Å². The number of nitrogens with one attached hydrogen (secondary N) is 1. The molecule has 2 amide bonds. The molecule has 2 aromatic carbocycles. The van der Waals surface area contributed by atoms with Gasteiger partial charge in [0.15, 0.2) is 0 Å². The van der Waals surface area contributed by atoms with Crippen LogP contribution in [0.15, 0.2) is 42.5 Å². The summed E-state index contributed by atoms with van der Waals surface area (Å²) in [6, 6.07) is 12.3. The van der Waals surface area contributed by atoms with Gasteiger partial charge in [-0.05, 0) is 55.7 Å². The summed E-state index contributed by atoms with van der Waals surface area (Å²) in [6.45, 7) is 10.3. The lowest BCUT2D eigenvalue weighted by Gasteiger charge is -2.38. The minimum atomic E-state index is -0.412. The quantitative estimate of drug-likeness (QED) is 0.485. The lowest BCUT2D eigenvalue weighted by molar-refractivity contribution is -0.384. The summed E-state index contributed by atoms with van der Waals surface area (Å²) in [5.74, 6) is -0.213. The van der Waals surface area contributed by atoms with Crippen molar-refractivity contribution in [2.75, 3.05) is 54.4 Å². The number of carbonyl (C=O) groups excluding carboxylic acids is 2. The number of carbonyl (C=O) groups is 2. The predicted octanol–water partition coefficient (Wildman–Crippen LogP) is 4.53. The van der Waals surface area contributed by atoms with Gasteiger partial charge in [0.05, 0.1) is 4.92 Å². The zero-order valence-corrected chi connectivity index (χ0v) is 21.3. The summed E-state index contributed by atoms with van der Waals surface area (Å²) in [7, 11) is 0. The molecular formula is C27H35N5O4. The number of amides is 2. The molecule has 0 aromatic heterocycles. The highest BCUT2D eigenvalue weighted by atomic mass is 16.6. The smallest absolute Gasteiger partial charge is 0.293 e. The number of hydrogen-bond donors (Lipinski definition) is 1. The second-order valence-corrected chi connectivity index (χ2v) is 10.5. The Morgan fingerprint density at radius 2 is 1.50 bits per heavy atom. The molecule has 9 nitrogen and oxygen atoms in total. The van der Waals surface area contributed by atoms with Crippen LogP contribution < -0.4 is 15.1 Å². The Labute approximate surface area is 212 Å². The lowest BCUT2D eigenvalue weighted by atomic mass is 9.94. The highest BCUT2D eigenvalue weighted by Crippen LogP contribution is 2.32. The monoisotopic (exact) mass is 493 g/mol. The minimum absolute atomic E-state index is 0.0380. The highest BCUT2D eigenvalue weighted by Gasteiger charge is 2.29. The van der Waals surface area contributed by atoms with Gasteiger partial charge in [-0.1, -0.05) is 20.8 Å². The largest absolute Gasteiger partial charge is 0.368 e. The van der Waals surface area contributed by atoms with Crippen LogP contribution in [0, 0.1) is 15.5 Å². The van der Waals surface area contributed by atoms with Crippen LogP contribution in [0.4, 0.5) is 22.7 Å².